The molecule has 2 amide bonds. The number of ether oxygens (including phenoxy) is 4. The Hall–Kier alpha value is -4.86. The summed E-state index contributed by atoms with van der Waals surface area (Å²) >= 11 is 0. The maximum atomic E-state index is 12.6. The lowest BCUT2D eigenvalue weighted by Crippen LogP contribution is -2.21. The molecule has 0 bridgehead atoms. The Morgan fingerprint density at radius 2 is 0.842 bits per heavy atom. The number of carbonyl (C=O) groups is 2. The van der Waals surface area contributed by atoms with Crippen LogP contribution < -0.4 is 29.8 Å². The van der Waals surface area contributed by atoms with Crippen molar-refractivity contribution < 1.29 is 28.5 Å². The van der Waals surface area contributed by atoms with Crippen molar-refractivity contribution in [1.82, 2.24) is 10.9 Å². The molecule has 3 aromatic carbocycles. The topological polar surface area (TPSA) is 120 Å². The molecule has 0 heterocycles. The molecule has 0 spiro atoms. The first-order valence-electron chi connectivity index (χ1n) is 11.5. The van der Waals surface area contributed by atoms with Crippen LogP contribution in [0.15, 0.2) is 70.9 Å². The number of nitrogens with one attached hydrogen (secondary N) is 2. The molecule has 0 aromatic heterocycles. The third-order valence-corrected chi connectivity index (χ3v) is 5.66. The van der Waals surface area contributed by atoms with Crippen LogP contribution in [-0.2, 0) is 0 Å². The number of hydrogen-bond acceptors (Lipinski definition) is 8. The van der Waals surface area contributed by atoms with Gasteiger partial charge in [-0.3, -0.25) is 9.59 Å². The minimum absolute atomic E-state index is 0.343. The summed E-state index contributed by atoms with van der Waals surface area (Å²) in [4.78, 5) is 25.1. The Bertz CT molecular complexity index is 1260. The summed E-state index contributed by atoms with van der Waals surface area (Å²) in [5.41, 5.74) is 8.42. The molecule has 10 nitrogen and oxygen atoms in total. The van der Waals surface area contributed by atoms with Crippen LogP contribution in [0, 0.1) is 0 Å². The summed E-state index contributed by atoms with van der Waals surface area (Å²) < 4.78 is 21.1. The zero-order valence-electron chi connectivity index (χ0n) is 22.1. The zero-order valence-corrected chi connectivity index (χ0v) is 22.1. The van der Waals surface area contributed by atoms with Crippen molar-refractivity contribution in [3.63, 3.8) is 0 Å². The van der Waals surface area contributed by atoms with E-state index in [1.54, 1.807) is 66.6 Å². The van der Waals surface area contributed by atoms with Crippen LogP contribution in [0.1, 0.15) is 45.7 Å². The van der Waals surface area contributed by atoms with Gasteiger partial charge in [-0.15, -0.1) is 0 Å². The van der Waals surface area contributed by atoms with Crippen LogP contribution in [0.2, 0.25) is 0 Å². The molecule has 0 aliphatic rings. The second kappa shape index (κ2) is 12.9. The van der Waals surface area contributed by atoms with Crippen LogP contribution in [0.5, 0.6) is 23.0 Å². The zero-order chi connectivity index (χ0) is 27.7. The Morgan fingerprint density at radius 3 is 1.16 bits per heavy atom. The number of hydrogen-bond donors (Lipinski definition) is 2. The quantitative estimate of drug-likeness (QED) is 0.309. The lowest BCUT2D eigenvalue weighted by molar-refractivity contribution is 0.0943. The van der Waals surface area contributed by atoms with E-state index in [0.717, 1.165) is 11.1 Å². The lowest BCUT2D eigenvalue weighted by Gasteiger charge is -2.10. The van der Waals surface area contributed by atoms with Crippen molar-refractivity contribution >= 4 is 23.2 Å². The van der Waals surface area contributed by atoms with Gasteiger partial charge in [0, 0.05) is 22.3 Å². The van der Waals surface area contributed by atoms with Crippen molar-refractivity contribution in [3.8, 4) is 23.0 Å². The van der Waals surface area contributed by atoms with Gasteiger partial charge in [-0.1, -0.05) is 0 Å². The molecular formula is C28H30N4O6. The maximum absolute atomic E-state index is 12.6. The molecule has 2 N–H and O–H groups in total. The lowest BCUT2D eigenvalue weighted by atomic mass is 10.1. The van der Waals surface area contributed by atoms with E-state index >= 15 is 0 Å². The second-order valence-corrected chi connectivity index (χ2v) is 7.99. The molecule has 0 atom stereocenters. The first-order chi connectivity index (χ1) is 18.3. The highest BCUT2D eigenvalue weighted by atomic mass is 16.5. The van der Waals surface area contributed by atoms with Gasteiger partial charge >= 0.3 is 0 Å². The molecule has 0 radical (unpaired) electrons. The van der Waals surface area contributed by atoms with Gasteiger partial charge in [0.15, 0.2) is 23.0 Å². The number of methoxy groups -OCH3 is 4. The standard InChI is InChI=1S/C28H30N4O6/c1-17(21-11-13-23(35-3)25(15-21)37-5)29-31-27(33)19-7-9-20(10-8-19)28(34)32-30-18(2)22-12-14-24(36-4)26(16-22)38-6/h7-16H,1-6H3,(H,31,33)(H,32,34). The molecule has 198 valence electrons. The van der Waals surface area contributed by atoms with E-state index < -0.39 is 11.8 Å². The minimum Gasteiger partial charge on any atom is -0.493 e. The molecule has 0 fully saturated rings. The number of benzene rings is 3. The van der Waals surface area contributed by atoms with Crippen molar-refractivity contribution in [2.24, 2.45) is 10.2 Å². The minimum atomic E-state index is -0.417. The third kappa shape index (κ3) is 6.67. The Labute approximate surface area is 221 Å². The summed E-state index contributed by atoms with van der Waals surface area (Å²) in [6.07, 6.45) is 0. The van der Waals surface area contributed by atoms with Crippen molar-refractivity contribution in [3.05, 3.63) is 82.9 Å². The summed E-state index contributed by atoms with van der Waals surface area (Å²) in [5.74, 6) is 1.47. The van der Waals surface area contributed by atoms with Crippen molar-refractivity contribution in [1.29, 1.82) is 0 Å². The van der Waals surface area contributed by atoms with Gasteiger partial charge in [0.1, 0.15) is 0 Å². The van der Waals surface area contributed by atoms with Gasteiger partial charge in [0.05, 0.1) is 39.9 Å². The summed E-state index contributed by atoms with van der Waals surface area (Å²) in [7, 11) is 6.21. The van der Waals surface area contributed by atoms with Gasteiger partial charge in [-0.25, -0.2) is 10.9 Å². The van der Waals surface area contributed by atoms with E-state index in [4.69, 9.17) is 18.9 Å². The van der Waals surface area contributed by atoms with E-state index in [9.17, 15) is 9.59 Å². The predicted octanol–water partition coefficient (Wildman–Crippen LogP) is 4.03. The van der Waals surface area contributed by atoms with E-state index in [1.807, 2.05) is 12.1 Å². The molecule has 38 heavy (non-hydrogen) atoms. The van der Waals surface area contributed by atoms with E-state index in [-0.39, 0.29) is 0 Å². The van der Waals surface area contributed by atoms with Gasteiger partial charge in [0.2, 0.25) is 0 Å². The number of amides is 2. The number of carbonyl (C=O) groups excluding carboxylic acids is 2. The summed E-state index contributed by atoms with van der Waals surface area (Å²) in [6, 6.07) is 16.8. The predicted molar refractivity (Wildman–Crippen MR) is 145 cm³/mol. The highest BCUT2D eigenvalue weighted by molar-refractivity contribution is 6.03. The van der Waals surface area contributed by atoms with Crippen molar-refractivity contribution in [2.45, 2.75) is 13.8 Å². The Balaban J connectivity index is 1.63. The van der Waals surface area contributed by atoms with Gasteiger partial charge in [-0.2, -0.15) is 10.2 Å². The fraction of sp³-hybridized carbons (Fsp3) is 0.214. The molecular weight excluding hydrogens is 488 g/mol. The smallest absolute Gasteiger partial charge is 0.271 e. The first kappa shape index (κ1) is 27.7. The van der Waals surface area contributed by atoms with Crippen LogP contribution in [0.25, 0.3) is 0 Å². The van der Waals surface area contributed by atoms with E-state index in [0.29, 0.717) is 45.5 Å². The molecule has 0 saturated carbocycles. The van der Waals surface area contributed by atoms with E-state index in [1.165, 1.54) is 24.3 Å². The van der Waals surface area contributed by atoms with Crippen LogP contribution >= 0.6 is 0 Å². The Morgan fingerprint density at radius 1 is 0.526 bits per heavy atom. The normalized spacial score (nSPS) is 11.4. The molecule has 0 aliphatic heterocycles. The maximum Gasteiger partial charge on any atom is 0.271 e. The molecule has 3 aromatic rings. The summed E-state index contributed by atoms with van der Waals surface area (Å²) in [5, 5.41) is 8.33. The molecule has 3 rings (SSSR count). The van der Waals surface area contributed by atoms with Crippen LogP contribution in [-0.4, -0.2) is 51.7 Å². The monoisotopic (exact) mass is 518 g/mol. The molecule has 0 aliphatic carbocycles. The average molecular weight is 519 g/mol. The highest BCUT2D eigenvalue weighted by Crippen LogP contribution is 2.28. The van der Waals surface area contributed by atoms with Gasteiger partial charge in [0.25, 0.3) is 11.8 Å². The fourth-order valence-electron chi connectivity index (χ4n) is 3.42. The fourth-order valence-corrected chi connectivity index (χ4v) is 3.42. The molecule has 10 heteroatoms. The second-order valence-electron chi connectivity index (χ2n) is 7.99. The third-order valence-electron chi connectivity index (χ3n) is 5.66. The number of nitrogens with zero attached hydrogens (tertiary/aromatic N) is 2. The summed E-state index contributed by atoms with van der Waals surface area (Å²) in [6.45, 7) is 3.53. The van der Waals surface area contributed by atoms with Gasteiger partial charge < -0.3 is 18.9 Å². The van der Waals surface area contributed by atoms with Gasteiger partial charge in [-0.05, 0) is 74.5 Å². The van der Waals surface area contributed by atoms with Crippen molar-refractivity contribution in [2.75, 3.05) is 28.4 Å². The SMILES string of the molecule is COc1ccc(C(C)=NNC(=O)c2ccc(C(=O)NN=C(C)c3ccc(OC)c(OC)c3)cc2)cc1OC. The van der Waals surface area contributed by atoms with E-state index in [2.05, 4.69) is 21.1 Å². The number of rotatable bonds is 10. The molecule has 0 unspecified atom stereocenters. The largest absolute Gasteiger partial charge is 0.493 e. The first-order valence-corrected chi connectivity index (χ1v) is 11.5. The van der Waals surface area contributed by atoms with Crippen LogP contribution in [0.4, 0.5) is 0 Å². The highest BCUT2D eigenvalue weighted by Gasteiger charge is 2.11. The molecule has 0 saturated heterocycles. The van der Waals surface area contributed by atoms with Crippen LogP contribution in [0.3, 0.4) is 0 Å². The average Bonchev–Trinajstić information content (AvgIpc) is 2.97. The Kier molecular flexibility index (Phi) is 9.42. The number of hydrazone groups is 2.